The van der Waals surface area contributed by atoms with Crippen molar-refractivity contribution in [3.63, 3.8) is 0 Å². The molecule has 0 aliphatic rings. The van der Waals surface area contributed by atoms with Crippen LogP contribution in [0.3, 0.4) is 0 Å². The van der Waals surface area contributed by atoms with Gasteiger partial charge in [-0.2, -0.15) is 0 Å². The van der Waals surface area contributed by atoms with Crippen LogP contribution >= 0.6 is 23.6 Å². The number of rotatable bonds is 4. The number of nitrogens with one attached hydrogen (secondary N) is 1. The average molecular weight is 377 g/mol. The molecule has 1 N–H and O–H groups in total. The number of aromatic nitrogens is 1. The molecule has 0 bridgehead atoms. The molecule has 0 atom stereocenters. The Morgan fingerprint density at radius 2 is 1.73 bits per heavy atom. The maximum absolute atomic E-state index is 11.6. The van der Waals surface area contributed by atoms with Crippen molar-refractivity contribution in [2.45, 2.75) is 6.61 Å². The molecule has 0 spiro atoms. The van der Waals surface area contributed by atoms with Gasteiger partial charge in [-0.05, 0) is 58.4 Å². The fraction of sp³-hybridized carbons (Fsp3) is 0.0476. The summed E-state index contributed by atoms with van der Waals surface area (Å²) in [6, 6.07) is 23.8. The molecule has 4 rings (SSSR count). The molecule has 0 aliphatic carbocycles. The predicted molar refractivity (Wildman–Crippen MR) is 109 cm³/mol. The molecule has 1 heterocycles. The van der Waals surface area contributed by atoms with Crippen molar-refractivity contribution in [1.82, 2.24) is 4.98 Å². The van der Waals surface area contributed by atoms with Gasteiger partial charge in [-0.1, -0.05) is 42.5 Å². The summed E-state index contributed by atoms with van der Waals surface area (Å²) in [7, 11) is 0. The third-order valence-electron chi connectivity index (χ3n) is 4.10. The van der Waals surface area contributed by atoms with Crippen molar-refractivity contribution >= 4 is 34.3 Å². The van der Waals surface area contributed by atoms with Gasteiger partial charge in [-0.15, -0.1) is 11.3 Å². The van der Waals surface area contributed by atoms with Gasteiger partial charge in [-0.25, -0.2) is 0 Å². The summed E-state index contributed by atoms with van der Waals surface area (Å²) in [5.74, 6) is 0.787. The predicted octanol–water partition coefficient (Wildman–Crippen LogP) is 5.57. The lowest BCUT2D eigenvalue weighted by Crippen LogP contribution is -2.02. The van der Waals surface area contributed by atoms with Crippen LogP contribution in [-0.2, 0) is 6.61 Å². The second-order valence-electron chi connectivity index (χ2n) is 5.84. The van der Waals surface area contributed by atoms with Crippen molar-refractivity contribution in [1.29, 1.82) is 0 Å². The van der Waals surface area contributed by atoms with Crippen molar-refractivity contribution in [3.05, 3.63) is 92.7 Å². The van der Waals surface area contributed by atoms with E-state index < -0.39 is 0 Å². The zero-order chi connectivity index (χ0) is 17.9. The normalized spacial score (nSPS) is 10.8. The summed E-state index contributed by atoms with van der Waals surface area (Å²) >= 11 is 6.47. The Morgan fingerprint density at radius 1 is 0.962 bits per heavy atom. The van der Waals surface area contributed by atoms with Crippen LogP contribution in [-0.4, -0.2) is 4.98 Å². The van der Waals surface area contributed by atoms with Gasteiger partial charge in [0.1, 0.15) is 12.4 Å². The van der Waals surface area contributed by atoms with Crippen molar-refractivity contribution in [2.24, 2.45) is 0 Å². The molecule has 0 saturated heterocycles. The van der Waals surface area contributed by atoms with Gasteiger partial charge < -0.3 is 9.72 Å². The molecule has 4 aromatic rings. The van der Waals surface area contributed by atoms with Crippen LogP contribution in [0, 0.1) is 3.95 Å². The van der Waals surface area contributed by atoms with Gasteiger partial charge in [-0.3, -0.25) is 4.79 Å². The maximum atomic E-state index is 11.6. The largest absolute Gasteiger partial charge is 0.489 e. The Morgan fingerprint density at radius 3 is 2.54 bits per heavy atom. The second kappa shape index (κ2) is 7.23. The molecule has 0 fully saturated rings. The van der Waals surface area contributed by atoms with Crippen molar-refractivity contribution in [3.8, 4) is 16.2 Å². The lowest BCUT2D eigenvalue weighted by atomic mass is 10.1. The molecule has 3 nitrogen and oxygen atoms in total. The summed E-state index contributed by atoms with van der Waals surface area (Å²) in [6.07, 6.45) is 0. The molecule has 0 radical (unpaired) electrons. The monoisotopic (exact) mass is 377 g/mol. The van der Waals surface area contributed by atoms with Crippen LogP contribution in [0.25, 0.3) is 21.2 Å². The van der Waals surface area contributed by atoms with E-state index in [2.05, 4.69) is 29.2 Å². The number of fused-ring (bicyclic) bond motifs is 1. The first-order chi connectivity index (χ1) is 12.7. The van der Waals surface area contributed by atoms with E-state index in [4.69, 9.17) is 17.0 Å². The average Bonchev–Trinajstić information content (AvgIpc) is 2.66. The van der Waals surface area contributed by atoms with Gasteiger partial charge in [0, 0.05) is 10.9 Å². The van der Waals surface area contributed by atoms with E-state index >= 15 is 0 Å². The highest BCUT2D eigenvalue weighted by atomic mass is 32.1. The van der Waals surface area contributed by atoms with Crippen LogP contribution in [0.4, 0.5) is 0 Å². The van der Waals surface area contributed by atoms with Gasteiger partial charge >= 0.3 is 0 Å². The van der Waals surface area contributed by atoms with Gasteiger partial charge in [0.2, 0.25) is 0 Å². The number of aromatic amines is 1. The Kier molecular flexibility index (Phi) is 4.65. The molecular weight excluding hydrogens is 362 g/mol. The van der Waals surface area contributed by atoms with Crippen LogP contribution < -0.4 is 10.3 Å². The van der Waals surface area contributed by atoms with E-state index in [1.165, 1.54) is 22.1 Å². The first kappa shape index (κ1) is 16.7. The Bertz CT molecular complexity index is 1140. The molecule has 0 unspecified atom stereocenters. The molecule has 0 amide bonds. The van der Waals surface area contributed by atoms with Crippen LogP contribution in [0.1, 0.15) is 5.56 Å². The zero-order valence-electron chi connectivity index (χ0n) is 13.8. The third-order valence-corrected chi connectivity index (χ3v) is 5.32. The van der Waals surface area contributed by atoms with Crippen molar-refractivity contribution < 1.29 is 4.74 Å². The second-order valence-corrected chi connectivity index (χ2v) is 7.56. The third kappa shape index (κ3) is 3.59. The molecule has 128 valence electrons. The van der Waals surface area contributed by atoms with E-state index in [9.17, 15) is 4.79 Å². The lowest BCUT2D eigenvalue weighted by Gasteiger charge is -2.10. The van der Waals surface area contributed by atoms with Gasteiger partial charge in [0.15, 0.2) is 3.95 Å². The summed E-state index contributed by atoms with van der Waals surface area (Å²) in [6.45, 7) is 0.505. The minimum atomic E-state index is -0.181. The number of hydrogen-bond acceptors (Lipinski definition) is 4. The molecule has 5 heteroatoms. The zero-order valence-corrected chi connectivity index (χ0v) is 15.4. The minimum absolute atomic E-state index is 0.181. The Hall–Kier alpha value is -2.76. The Balaban J connectivity index is 1.54. The lowest BCUT2D eigenvalue weighted by molar-refractivity contribution is 0.308. The van der Waals surface area contributed by atoms with Gasteiger partial charge in [0.05, 0.1) is 0 Å². The van der Waals surface area contributed by atoms with E-state index in [0.717, 1.165) is 21.8 Å². The SMILES string of the molecule is O=c1cc(-c2ccc(OCc3cccc4ccccc34)cc2)sc(=S)[nH]1. The molecule has 26 heavy (non-hydrogen) atoms. The van der Waals surface area contributed by atoms with Crippen molar-refractivity contribution in [2.75, 3.05) is 0 Å². The minimum Gasteiger partial charge on any atom is -0.489 e. The van der Waals surface area contributed by atoms with E-state index in [1.54, 1.807) is 6.07 Å². The van der Waals surface area contributed by atoms with Crippen LogP contribution in [0.15, 0.2) is 77.6 Å². The summed E-state index contributed by atoms with van der Waals surface area (Å²) in [5.41, 5.74) is 1.92. The first-order valence-corrected chi connectivity index (χ1v) is 9.36. The standard InChI is InChI=1S/C21H15NO2S2/c23-20-12-19(26-21(25)22-20)15-8-10-17(11-9-15)24-13-16-6-3-5-14-4-1-2-7-18(14)16/h1-12H,13H2,(H,22,23,25). The smallest absolute Gasteiger partial charge is 0.251 e. The Labute approximate surface area is 159 Å². The first-order valence-electron chi connectivity index (χ1n) is 8.13. The number of H-pyrrole nitrogens is 1. The summed E-state index contributed by atoms with van der Waals surface area (Å²) in [5, 5.41) is 2.41. The highest BCUT2D eigenvalue weighted by Gasteiger charge is 2.04. The topological polar surface area (TPSA) is 42.1 Å². The summed E-state index contributed by atoms with van der Waals surface area (Å²) < 4.78 is 6.43. The highest BCUT2D eigenvalue weighted by molar-refractivity contribution is 7.73. The molecular formula is C21H15NO2S2. The summed E-state index contributed by atoms with van der Waals surface area (Å²) in [4.78, 5) is 15.0. The fourth-order valence-electron chi connectivity index (χ4n) is 2.85. The number of hydrogen-bond donors (Lipinski definition) is 1. The molecule has 0 aliphatic heterocycles. The number of benzene rings is 3. The van der Waals surface area contributed by atoms with Gasteiger partial charge in [0.25, 0.3) is 5.56 Å². The highest BCUT2D eigenvalue weighted by Crippen LogP contribution is 2.26. The number of ether oxygens (including phenoxy) is 1. The molecule has 0 saturated carbocycles. The molecule has 1 aromatic heterocycles. The quantitative estimate of drug-likeness (QED) is 0.473. The van der Waals surface area contributed by atoms with E-state index in [-0.39, 0.29) is 5.56 Å². The fourth-order valence-corrected chi connectivity index (χ4v) is 3.99. The van der Waals surface area contributed by atoms with Crippen LogP contribution in [0.2, 0.25) is 0 Å². The maximum Gasteiger partial charge on any atom is 0.251 e. The van der Waals surface area contributed by atoms with E-state index in [0.29, 0.717) is 10.6 Å². The van der Waals surface area contributed by atoms with E-state index in [1.807, 2.05) is 42.5 Å². The molecule has 3 aromatic carbocycles. The van der Waals surface area contributed by atoms with Crippen LogP contribution in [0.5, 0.6) is 5.75 Å².